The molecule has 1 fully saturated rings. The predicted octanol–water partition coefficient (Wildman–Crippen LogP) is 2.24. The lowest BCUT2D eigenvalue weighted by atomic mass is 9.93. The summed E-state index contributed by atoms with van der Waals surface area (Å²) in [5.74, 6) is 0.703. The van der Waals surface area contributed by atoms with Crippen molar-refractivity contribution in [2.45, 2.75) is 44.4 Å². The summed E-state index contributed by atoms with van der Waals surface area (Å²) >= 11 is 0. The average Bonchev–Trinajstić information content (AvgIpc) is 2.62. The summed E-state index contributed by atoms with van der Waals surface area (Å²) < 4.78 is 27.3. The molecule has 0 bridgehead atoms. The standard InChI is InChI=1S/C19H31N3O3S.ClH/c1-15-4-5-18(14-16(15)2)26(24,25)21-11-7-19(23)22-12-8-17(9-13-22)6-10-20-3;/h4-5,14,17,20-21H,6-13H2,1-3H3;1H. The van der Waals surface area contributed by atoms with Crippen molar-refractivity contribution in [3.63, 3.8) is 0 Å². The average molecular weight is 418 g/mol. The lowest BCUT2D eigenvalue weighted by Crippen LogP contribution is -2.40. The van der Waals surface area contributed by atoms with Gasteiger partial charge >= 0.3 is 0 Å². The van der Waals surface area contributed by atoms with E-state index in [1.54, 1.807) is 18.2 Å². The summed E-state index contributed by atoms with van der Waals surface area (Å²) in [6.07, 6.45) is 3.41. The molecule has 0 aliphatic carbocycles. The molecule has 0 unspecified atom stereocenters. The van der Waals surface area contributed by atoms with E-state index in [4.69, 9.17) is 0 Å². The van der Waals surface area contributed by atoms with Crippen LogP contribution in [0, 0.1) is 19.8 Å². The fourth-order valence-electron chi connectivity index (χ4n) is 3.23. The summed E-state index contributed by atoms with van der Waals surface area (Å²) in [5.41, 5.74) is 1.99. The molecule has 0 saturated carbocycles. The van der Waals surface area contributed by atoms with E-state index in [0.717, 1.165) is 50.0 Å². The van der Waals surface area contributed by atoms with Crippen LogP contribution < -0.4 is 10.0 Å². The van der Waals surface area contributed by atoms with Crippen LogP contribution in [0.3, 0.4) is 0 Å². The van der Waals surface area contributed by atoms with Crippen LogP contribution in [-0.2, 0) is 14.8 Å². The predicted molar refractivity (Wildman–Crippen MR) is 111 cm³/mol. The molecule has 0 atom stereocenters. The molecular formula is C19H32ClN3O3S. The Morgan fingerprint density at radius 2 is 1.81 bits per heavy atom. The largest absolute Gasteiger partial charge is 0.343 e. The van der Waals surface area contributed by atoms with E-state index in [2.05, 4.69) is 10.0 Å². The Morgan fingerprint density at radius 3 is 2.41 bits per heavy atom. The molecule has 0 aromatic heterocycles. The molecule has 2 rings (SSSR count). The van der Waals surface area contributed by atoms with Gasteiger partial charge in [-0.25, -0.2) is 13.1 Å². The third-order valence-electron chi connectivity index (χ3n) is 5.19. The van der Waals surface area contributed by atoms with E-state index in [9.17, 15) is 13.2 Å². The number of carbonyl (C=O) groups is 1. The minimum Gasteiger partial charge on any atom is -0.343 e. The van der Waals surface area contributed by atoms with Crippen LogP contribution in [0.4, 0.5) is 0 Å². The number of piperidine rings is 1. The molecule has 2 N–H and O–H groups in total. The maximum atomic E-state index is 12.4. The number of amides is 1. The van der Waals surface area contributed by atoms with Crippen LogP contribution in [0.25, 0.3) is 0 Å². The highest BCUT2D eigenvalue weighted by molar-refractivity contribution is 7.89. The first-order valence-corrected chi connectivity index (χ1v) is 10.8. The molecule has 154 valence electrons. The van der Waals surface area contributed by atoms with Crippen molar-refractivity contribution in [2.75, 3.05) is 33.2 Å². The highest BCUT2D eigenvalue weighted by Crippen LogP contribution is 2.20. The highest BCUT2D eigenvalue weighted by Gasteiger charge is 2.23. The van der Waals surface area contributed by atoms with Gasteiger partial charge < -0.3 is 10.2 Å². The second-order valence-corrected chi connectivity index (χ2v) is 8.88. The van der Waals surface area contributed by atoms with Crippen molar-refractivity contribution in [3.05, 3.63) is 29.3 Å². The Morgan fingerprint density at radius 1 is 1.15 bits per heavy atom. The second-order valence-electron chi connectivity index (χ2n) is 7.11. The van der Waals surface area contributed by atoms with Gasteiger partial charge in [0.15, 0.2) is 0 Å². The first-order valence-electron chi connectivity index (χ1n) is 9.33. The number of carbonyl (C=O) groups excluding carboxylic acids is 1. The van der Waals surface area contributed by atoms with E-state index in [0.29, 0.717) is 5.92 Å². The Bertz CT molecular complexity index is 717. The lowest BCUT2D eigenvalue weighted by molar-refractivity contribution is -0.132. The monoisotopic (exact) mass is 417 g/mol. The number of aryl methyl sites for hydroxylation is 2. The molecule has 0 spiro atoms. The van der Waals surface area contributed by atoms with Gasteiger partial charge in [-0.15, -0.1) is 12.4 Å². The summed E-state index contributed by atoms with van der Waals surface area (Å²) in [4.78, 5) is 14.4. The SMILES string of the molecule is CNCCC1CCN(C(=O)CCNS(=O)(=O)c2ccc(C)c(C)c2)CC1.Cl. The zero-order valence-electron chi connectivity index (χ0n) is 16.5. The van der Waals surface area contributed by atoms with Gasteiger partial charge in [-0.1, -0.05) is 6.07 Å². The number of nitrogens with zero attached hydrogens (tertiary/aromatic N) is 1. The number of likely N-dealkylation sites (tertiary alicyclic amines) is 1. The molecule has 1 aliphatic heterocycles. The smallest absolute Gasteiger partial charge is 0.240 e. The normalized spacial score (nSPS) is 15.4. The zero-order valence-corrected chi connectivity index (χ0v) is 18.1. The van der Waals surface area contributed by atoms with Gasteiger partial charge in [-0.3, -0.25) is 4.79 Å². The molecule has 1 aromatic rings. The van der Waals surface area contributed by atoms with Crippen molar-refractivity contribution in [2.24, 2.45) is 5.92 Å². The fourth-order valence-corrected chi connectivity index (χ4v) is 4.35. The number of sulfonamides is 1. The maximum Gasteiger partial charge on any atom is 0.240 e. The second kappa shape index (κ2) is 11.0. The fraction of sp³-hybridized carbons (Fsp3) is 0.632. The third-order valence-corrected chi connectivity index (χ3v) is 6.65. The highest BCUT2D eigenvalue weighted by atomic mass is 35.5. The number of nitrogens with one attached hydrogen (secondary N) is 2. The maximum absolute atomic E-state index is 12.4. The topological polar surface area (TPSA) is 78.5 Å². The number of benzene rings is 1. The molecule has 1 heterocycles. The van der Waals surface area contributed by atoms with Crippen LogP contribution >= 0.6 is 12.4 Å². The Balaban J connectivity index is 0.00000364. The van der Waals surface area contributed by atoms with Gasteiger partial charge in [0.05, 0.1) is 4.90 Å². The molecule has 6 nitrogen and oxygen atoms in total. The number of halogens is 1. The van der Waals surface area contributed by atoms with Crippen LogP contribution in [0.2, 0.25) is 0 Å². The molecular weight excluding hydrogens is 386 g/mol. The molecule has 1 aromatic carbocycles. The van der Waals surface area contributed by atoms with Crippen molar-refractivity contribution in [1.82, 2.24) is 14.9 Å². The number of hydrogen-bond acceptors (Lipinski definition) is 4. The quantitative estimate of drug-likeness (QED) is 0.679. The van der Waals surface area contributed by atoms with Crippen molar-refractivity contribution < 1.29 is 13.2 Å². The van der Waals surface area contributed by atoms with Crippen LogP contribution in [-0.4, -0.2) is 52.5 Å². The Hall–Kier alpha value is -1.15. The van der Waals surface area contributed by atoms with Gasteiger partial charge in [0.2, 0.25) is 15.9 Å². The van der Waals surface area contributed by atoms with Gasteiger partial charge in [0.1, 0.15) is 0 Å². The van der Waals surface area contributed by atoms with Crippen LogP contribution in [0.5, 0.6) is 0 Å². The van der Waals surface area contributed by atoms with E-state index >= 15 is 0 Å². The molecule has 1 amide bonds. The van der Waals surface area contributed by atoms with E-state index in [1.807, 2.05) is 25.8 Å². The first-order chi connectivity index (χ1) is 12.3. The van der Waals surface area contributed by atoms with E-state index in [-0.39, 0.29) is 36.2 Å². The van der Waals surface area contributed by atoms with Crippen molar-refractivity contribution in [1.29, 1.82) is 0 Å². The molecule has 0 radical (unpaired) electrons. The summed E-state index contributed by atoms with van der Waals surface area (Å²) in [6, 6.07) is 5.06. The molecule has 1 saturated heterocycles. The van der Waals surface area contributed by atoms with Crippen molar-refractivity contribution >= 4 is 28.3 Å². The number of hydrogen-bond donors (Lipinski definition) is 2. The van der Waals surface area contributed by atoms with E-state index in [1.165, 1.54) is 0 Å². The van der Waals surface area contributed by atoms with Crippen LogP contribution in [0.1, 0.15) is 36.8 Å². The van der Waals surface area contributed by atoms with Crippen LogP contribution in [0.15, 0.2) is 23.1 Å². The Kier molecular flexibility index (Phi) is 9.73. The third kappa shape index (κ3) is 7.07. The minimum atomic E-state index is -3.57. The Labute approximate surface area is 169 Å². The van der Waals surface area contributed by atoms with Gasteiger partial charge in [0.25, 0.3) is 0 Å². The van der Waals surface area contributed by atoms with Gasteiger partial charge in [-0.2, -0.15) is 0 Å². The summed E-state index contributed by atoms with van der Waals surface area (Å²) in [7, 11) is -1.62. The van der Waals surface area contributed by atoms with Crippen molar-refractivity contribution in [3.8, 4) is 0 Å². The molecule has 1 aliphatic rings. The van der Waals surface area contributed by atoms with E-state index < -0.39 is 10.0 Å². The van der Waals surface area contributed by atoms with Gasteiger partial charge in [-0.05, 0) is 75.9 Å². The lowest BCUT2D eigenvalue weighted by Gasteiger charge is -2.32. The number of rotatable bonds is 8. The molecule has 8 heteroatoms. The molecule has 27 heavy (non-hydrogen) atoms. The zero-order chi connectivity index (χ0) is 19.2. The van der Waals surface area contributed by atoms with Gasteiger partial charge in [0, 0.05) is 26.1 Å². The summed E-state index contributed by atoms with van der Waals surface area (Å²) in [6.45, 7) is 6.53. The first kappa shape index (κ1) is 23.9. The summed E-state index contributed by atoms with van der Waals surface area (Å²) in [5, 5.41) is 3.17. The minimum absolute atomic E-state index is 0.